The third kappa shape index (κ3) is 5.36. The van der Waals surface area contributed by atoms with Gasteiger partial charge in [0.1, 0.15) is 11.3 Å². The van der Waals surface area contributed by atoms with Gasteiger partial charge in [-0.15, -0.1) is 10.8 Å². The molecular formula is C30H35ClN2O5S. The normalized spacial score (nSPS) is 20.6. The molecule has 0 aromatic heterocycles. The van der Waals surface area contributed by atoms with Crippen molar-refractivity contribution >= 4 is 39.7 Å². The van der Waals surface area contributed by atoms with Gasteiger partial charge in [0.25, 0.3) is 0 Å². The number of carboxylic acids is 1. The minimum Gasteiger partial charge on any atom is -0.493 e. The van der Waals surface area contributed by atoms with E-state index in [2.05, 4.69) is 4.90 Å². The zero-order valence-corrected chi connectivity index (χ0v) is 23.8. The molecule has 0 bridgehead atoms. The van der Waals surface area contributed by atoms with Crippen molar-refractivity contribution in [2.24, 2.45) is 5.92 Å². The molecule has 208 valence electrons. The molecule has 7 nitrogen and oxygen atoms in total. The van der Waals surface area contributed by atoms with Gasteiger partial charge in [-0.05, 0) is 67.6 Å². The van der Waals surface area contributed by atoms with Crippen molar-refractivity contribution in [1.29, 1.82) is 0 Å². The molecular weight excluding hydrogens is 536 g/mol. The Morgan fingerprint density at radius 2 is 1.77 bits per heavy atom. The molecule has 3 aromatic rings. The van der Waals surface area contributed by atoms with Crippen LogP contribution in [0.15, 0.2) is 65.6 Å². The topological polar surface area (TPSA) is 93.5 Å². The minimum absolute atomic E-state index is 0.0207. The SMILES string of the molecule is CCOc1ccc(-c2cc3c(cc2Cl)N(c2ccccc2)CC(C2CCCCC2)N(C)S3(O)O)cc1C(=O)O. The summed E-state index contributed by atoms with van der Waals surface area (Å²) in [6.45, 7) is 2.73. The van der Waals surface area contributed by atoms with Crippen molar-refractivity contribution in [2.75, 3.05) is 25.1 Å². The number of benzene rings is 3. The highest BCUT2D eigenvalue weighted by Crippen LogP contribution is 2.60. The van der Waals surface area contributed by atoms with Gasteiger partial charge in [-0.2, -0.15) is 4.31 Å². The number of para-hydroxylation sites is 1. The lowest BCUT2D eigenvalue weighted by molar-refractivity contribution is 0.0692. The smallest absolute Gasteiger partial charge is 0.339 e. The molecule has 3 N–H and O–H groups in total. The van der Waals surface area contributed by atoms with Crippen LogP contribution in [0.25, 0.3) is 11.1 Å². The van der Waals surface area contributed by atoms with Crippen LogP contribution < -0.4 is 9.64 Å². The number of nitrogens with zero attached hydrogens (tertiary/aromatic N) is 2. The van der Waals surface area contributed by atoms with Crippen LogP contribution in [0.4, 0.5) is 11.4 Å². The van der Waals surface area contributed by atoms with Crippen LogP contribution >= 0.6 is 22.4 Å². The molecule has 1 heterocycles. The van der Waals surface area contributed by atoms with Gasteiger partial charge in [0.2, 0.25) is 0 Å². The second kappa shape index (κ2) is 11.4. The van der Waals surface area contributed by atoms with Gasteiger partial charge >= 0.3 is 5.97 Å². The lowest BCUT2D eigenvalue weighted by Gasteiger charge is -2.46. The number of carbonyl (C=O) groups is 1. The summed E-state index contributed by atoms with van der Waals surface area (Å²) in [4.78, 5) is 14.5. The molecule has 3 aromatic carbocycles. The fraction of sp³-hybridized carbons (Fsp3) is 0.367. The molecule has 5 rings (SSSR count). The van der Waals surface area contributed by atoms with E-state index in [1.807, 2.05) is 30.3 Å². The second-order valence-corrected chi connectivity index (χ2v) is 12.7. The molecule has 0 spiro atoms. The number of likely N-dealkylation sites (N-methyl/N-ethyl adjacent to an activating group) is 1. The molecule has 39 heavy (non-hydrogen) atoms. The van der Waals surface area contributed by atoms with E-state index >= 15 is 0 Å². The van der Waals surface area contributed by atoms with Gasteiger partial charge in [-0.25, -0.2) is 4.79 Å². The molecule has 1 unspecified atom stereocenters. The molecule has 1 aliphatic heterocycles. The highest BCUT2D eigenvalue weighted by molar-refractivity contribution is 8.22. The Hall–Kier alpha value is -2.75. The number of fused-ring (bicyclic) bond motifs is 1. The van der Waals surface area contributed by atoms with Crippen LogP contribution in [0.5, 0.6) is 5.75 Å². The van der Waals surface area contributed by atoms with Gasteiger partial charge in [-0.1, -0.05) is 55.1 Å². The maximum atomic E-state index is 12.0. The number of halogens is 1. The predicted octanol–water partition coefficient (Wildman–Crippen LogP) is 8.16. The Kier molecular flexibility index (Phi) is 8.12. The Balaban J connectivity index is 1.68. The number of anilines is 2. The Labute approximate surface area is 236 Å². The van der Waals surface area contributed by atoms with Gasteiger partial charge < -0.3 is 14.7 Å². The summed E-state index contributed by atoms with van der Waals surface area (Å²) >= 11 is 6.88. The summed E-state index contributed by atoms with van der Waals surface area (Å²) in [5, 5.41) is 10.2. The van der Waals surface area contributed by atoms with Crippen molar-refractivity contribution in [3.63, 3.8) is 0 Å². The lowest BCUT2D eigenvalue weighted by atomic mass is 9.83. The van der Waals surface area contributed by atoms with Crippen molar-refractivity contribution in [3.8, 4) is 16.9 Å². The minimum atomic E-state index is -3.40. The summed E-state index contributed by atoms with van der Waals surface area (Å²) in [5.74, 6) is -0.496. The van der Waals surface area contributed by atoms with Crippen molar-refractivity contribution in [2.45, 2.75) is 50.0 Å². The summed E-state index contributed by atoms with van der Waals surface area (Å²) in [7, 11) is -1.59. The quantitative estimate of drug-likeness (QED) is 0.275. The first-order valence-electron chi connectivity index (χ1n) is 13.4. The van der Waals surface area contributed by atoms with E-state index in [0.29, 0.717) is 45.8 Å². The molecule has 0 saturated heterocycles. The van der Waals surface area contributed by atoms with E-state index in [1.54, 1.807) is 42.5 Å². The zero-order chi connectivity index (χ0) is 27.7. The van der Waals surface area contributed by atoms with Gasteiger partial charge in [-0.3, -0.25) is 9.11 Å². The van der Waals surface area contributed by atoms with Crippen molar-refractivity contribution < 1.29 is 23.7 Å². The molecule has 0 radical (unpaired) electrons. The second-order valence-electron chi connectivity index (χ2n) is 10.2. The molecule has 0 amide bonds. The zero-order valence-electron chi connectivity index (χ0n) is 22.2. The number of hydrogen-bond donors (Lipinski definition) is 3. The maximum Gasteiger partial charge on any atom is 0.339 e. The molecule has 1 aliphatic carbocycles. The Bertz CT molecular complexity index is 1350. The number of aromatic carboxylic acids is 1. The average Bonchev–Trinajstić information content (AvgIpc) is 3.02. The van der Waals surface area contributed by atoms with Crippen LogP contribution in [-0.4, -0.2) is 50.7 Å². The van der Waals surface area contributed by atoms with Gasteiger partial charge in [0.15, 0.2) is 0 Å². The summed E-state index contributed by atoms with van der Waals surface area (Å²) < 4.78 is 31.0. The monoisotopic (exact) mass is 570 g/mol. The third-order valence-corrected chi connectivity index (χ3v) is 10.3. The third-order valence-electron chi connectivity index (χ3n) is 7.96. The number of carboxylic acid groups (broad SMARTS) is 1. The Morgan fingerprint density at radius 1 is 1.05 bits per heavy atom. The highest BCUT2D eigenvalue weighted by Gasteiger charge is 2.41. The van der Waals surface area contributed by atoms with E-state index in [9.17, 15) is 19.0 Å². The van der Waals surface area contributed by atoms with E-state index in [-0.39, 0.29) is 17.4 Å². The van der Waals surface area contributed by atoms with Crippen LogP contribution in [0.3, 0.4) is 0 Å². The maximum absolute atomic E-state index is 12.0. The lowest BCUT2D eigenvalue weighted by Crippen LogP contribution is -2.45. The van der Waals surface area contributed by atoms with Crippen LogP contribution in [0, 0.1) is 5.92 Å². The molecule has 1 atom stereocenters. The fourth-order valence-corrected chi connectivity index (χ4v) is 7.82. The standard InChI is InChI=1S/C30H35ClN2O5S/c1-3-38-28-15-14-21(16-24(28)30(34)35)23-17-29-26(18-25(23)31)33(22-12-8-5-9-13-22)19-27(32(2)39(29,36)37)20-10-6-4-7-11-20/h5,8-9,12-18,20,27,36-37H,3-4,6-7,10-11,19H2,1-2H3,(H,34,35). The molecule has 1 fully saturated rings. The van der Waals surface area contributed by atoms with E-state index in [1.165, 1.54) is 12.5 Å². The first-order valence-corrected chi connectivity index (χ1v) is 15.3. The summed E-state index contributed by atoms with van der Waals surface area (Å²) in [6.07, 6.45) is 5.61. The van der Waals surface area contributed by atoms with Crippen molar-refractivity contribution in [1.82, 2.24) is 4.31 Å². The molecule has 1 saturated carbocycles. The average molecular weight is 571 g/mol. The largest absolute Gasteiger partial charge is 0.493 e. The first kappa shape index (κ1) is 27.8. The summed E-state index contributed by atoms with van der Waals surface area (Å²) in [5.41, 5.74) is 2.69. The summed E-state index contributed by atoms with van der Waals surface area (Å²) in [6, 6.07) is 18.2. The number of rotatable bonds is 6. The van der Waals surface area contributed by atoms with Crippen LogP contribution in [0.1, 0.15) is 49.4 Å². The van der Waals surface area contributed by atoms with E-state index < -0.39 is 16.7 Å². The van der Waals surface area contributed by atoms with Crippen molar-refractivity contribution in [3.05, 3.63) is 71.2 Å². The molecule has 2 aliphatic rings. The predicted molar refractivity (Wildman–Crippen MR) is 158 cm³/mol. The van der Waals surface area contributed by atoms with Gasteiger partial charge in [0, 0.05) is 30.9 Å². The first-order chi connectivity index (χ1) is 18.7. The van der Waals surface area contributed by atoms with E-state index in [0.717, 1.165) is 31.4 Å². The Morgan fingerprint density at radius 3 is 2.44 bits per heavy atom. The van der Waals surface area contributed by atoms with Gasteiger partial charge in [0.05, 0.1) is 22.2 Å². The molecule has 9 heteroatoms. The van der Waals surface area contributed by atoms with E-state index in [4.69, 9.17) is 16.3 Å². The number of ether oxygens (including phenoxy) is 1. The highest BCUT2D eigenvalue weighted by atomic mass is 35.5. The van der Waals surface area contributed by atoms with Crippen LogP contribution in [0.2, 0.25) is 5.02 Å². The fourth-order valence-electron chi connectivity index (χ4n) is 5.90. The van der Waals surface area contributed by atoms with Crippen LogP contribution in [-0.2, 0) is 0 Å². The number of hydrogen-bond acceptors (Lipinski definition) is 6.